The zero-order valence-corrected chi connectivity index (χ0v) is 13.2. The smallest absolute Gasteiger partial charge is 0.139 e. The normalized spacial score (nSPS) is 36.4. The van der Waals surface area contributed by atoms with Gasteiger partial charge in [0.25, 0.3) is 0 Å². The molecule has 0 unspecified atom stereocenters. The number of Topliss-reactive ketones (excluding diaryl/α,β-unsaturated/α-hetero) is 1. The van der Waals surface area contributed by atoms with Crippen molar-refractivity contribution in [3.8, 4) is 0 Å². The van der Waals surface area contributed by atoms with E-state index in [1.807, 2.05) is 0 Å². The molecule has 0 amide bonds. The molecule has 1 heteroatoms. The average Bonchev–Trinajstić information content (AvgIpc) is 2.46. The summed E-state index contributed by atoms with van der Waals surface area (Å²) in [4.78, 5) is 12.6. The van der Waals surface area contributed by atoms with Crippen LogP contribution >= 0.6 is 0 Å². The van der Waals surface area contributed by atoms with E-state index < -0.39 is 0 Å². The first-order valence-corrected chi connectivity index (χ1v) is 8.65. The van der Waals surface area contributed by atoms with Gasteiger partial charge in [0.05, 0.1) is 0 Å². The molecule has 19 heavy (non-hydrogen) atoms. The first kappa shape index (κ1) is 15.1. The van der Waals surface area contributed by atoms with E-state index in [1.54, 1.807) is 0 Å². The summed E-state index contributed by atoms with van der Waals surface area (Å²) in [6.07, 6.45) is 11.2. The van der Waals surface area contributed by atoms with Crippen LogP contribution in [-0.2, 0) is 4.79 Å². The van der Waals surface area contributed by atoms with Crippen LogP contribution in [0.2, 0.25) is 0 Å². The van der Waals surface area contributed by atoms with E-state index in [4.69, 9.17) is 0 Å². The average molecular weight is 264 g/mol. The van der Waals surface area contributed by atoms with Gasteiger partial charge in [-0.3, -0.25) is 4.79 Å². The Hall–Kier alpha value is -0.330. The van der Waals surface area contributed by atoms with Crippen molar-refractivity contribution in [2.24, 2.45) is 29.6 Å². The quantitative estimate of drug-likeness (QED) is 0.679. The highest BCUT2D eigenvalue weighted by atomic mass is 16.1. The van der Waals surface area contributed by atoms with Gasteiger partial charge in [-0.05, 0) is 69.1 Å². The highest BCUT2D eigenvalue weighted by Crippen LogP contribution is 2.38. The highest BCUT2D eigenvalue weighted by Gasteiger charge is 2.33. The minimum atomic E-state index is 0.415. The third-order valence-corrected chi connectivity index (χ3v) is 5.94. The minimum Gasteiger partial charge on any atom is -0.299 e. The van der Waals surface area contributed by atoms with Gasteiger partial charge in [-0.25, -0.2) is 0 Å². The summed E-state index contributed by atoms with van der Waals surface area (Å²) in [5.74, 6) is 4.05. The fraction of sp³-hybridized carbons (Fsp3) is 0.944. The Morgan fingerprint density at radius 2 is 1.37 bits per heavy atom. The second-order valence-electron chi connectivity index (χ2n) is 7.38. The standard InChI is InChI=1S/C18H32O/c1-4-14-5-7-16(8-6-14)18(19)17-11-9-15(10-12-17)13(2)3/h13-17H,4-12H2,1-3H3. The molecule has 0 saturated heterocycles. The van der Waals surface area contributed by atoms with Crippen LogP contribution < -0.4 is 0 Å². The van der Waals surface area contributed by atoms with E-state index in [9.17, 15) is 4.79 Å². The monoisotopic (exact) mass is 264 g/mol. The lowest BCUT2D eigenvalue weighted by Gasteiger charge is -2.34. The van der Waals surface area contributed by atoms with E-state index >= 15 is 0 Å². The van der Waals surface area contributed by atoms with Crippen LogP contribution in [0.25, 0.3) is 0 Å². The molecule has 0 atom stereocenters. The van der Waals surface area contributed by atoms with Gasteiger partial charge in [-0.2, -0.15) is 0 Å². The first-order valence-electron chi connectivity index (χ1n) is 8.65. The van der Waals surface area contributed by atoms with Crippen LogP contribution in [0.1, 0.15) is 78.6 Å². The van der Waals surface area contributed by atoms with Crippen LogP contribution in [0.5, 0.6) is 0 Å². The van der Waals surface area contributed by atoms with Crippen molar-refractivity contribution in [2.45, 2.75) is 78.6 Å². The van der Waals surface area contributed by atoms with E-state index in [2.05, 4.69) is 20.8 Å². The molecule has 110 valence electrons. The summed E-state index contributed by atoms with van der Waals surface area (Å²) < 4.78 is 0. The zero-order chi connectivity index (χ0) is 13.8. The molecular formula is C18H32O. The zero-order valence-electron chi connectivity index (χ0n) is 13.2. The maximum atomic E-state index is 12.6. The maximum Gasteiger partial charge on any atom is 0.139 e. The second kappa shape index (κ2) is 6.90. The van der Waals surface area contributed by atoms with Gasteiger partial charge in [0, 0.05) is 11.8 Å². The van der Waals surface area contributed by atoms with Crippen molar-refractivity contribution in [2.75, 3.05) is 0 Å². The Morgan fingerprint density at radius 1 is 0.895 bits per heavy atom. The SMILES string of the molecule is CCC1CCC(C(=O)C2CCC(C(C)C)CC2)CC1. The molecule has 2 fully saturated rings. The molecule has 0 aromatic carbocycles. The lowest BCUT2D eigenvalue weighted by atomic mass is 9.70. The van der Waals surface area contributed by atoms with Gasteiger partial charge < -0.3 is 0 Å². The van der Waals surface area contributed by atoms with Crippen LogP contribution in [0.3, 0.4) is 0 Å². The van der Waals surface area contributed by atoms with Gasteiger partial charge >= 0.3 is 0 Å². The van der Waals surface area contributed by atoms with Gasteiger partial charge in [-0.15, -0.1) is 0 Å². The van der Waals surface area contributed by atoms with Gasteiger partial charge in [0.15, 0.2) is 0 Å². The molecule has 2 aliphatic carbocycles. The third kappa shape index (κ3) is 3.83. The predicted octanol–water partition coefficient (Wildman–Crippen LogP) is 5.23. The van der Waals surface area contributed by atoms with E-state index in [1.165, 1.54) is 57.8 Å². The van der Waals surface area contributed by atoms with Crippen molar-refractivity contribution in [3.63, 3.8) is 0 Å². The summed E-state index contributed by atoms with van der Waals surface area (Å²) in [7, 11) is 0. The van der Waals surface area contributed by atoms with E-state index in [-0.39, 0.29) is 0 Å². The summed E-state index contributed by atoms with van der Waals surface area (Å²) in [6.45, 7) is 6.96. The Kier molecular flexibility index (Phi) is 5.47. The number of rotatable bonds is 4. The number of ketones is 1. The van der Waals surface area contributed by atoms with Gasteiger partial charge in [0.2, 0.25) is 0 Å². The Balaban J connectivity index is 1.78. The molecule has 0 aromatic rings. The fourth-order valence-electron chi connectivity index (χ4n) is 4.26. The molecule has 0 spiro atoms. The molecule has 0 aromatic heterocycles. The fourth-order valence-corrected chi connectivity index (χ4v) is 4.26. The molecule has 2 saturated carbocycles. The Morgan fingerprint density at radius 3 is 1.79 bits per heavy atom. The van der Waals surface area contributed by atoms with Crippen molar-refractivity contribution in [1.82, 2.24) is 0 Å². The third-order valence-electron chi connectivity index (χ3n) is 5.94. The van der Waals surface area contributed by atoms with Crippen LogP contribution in [0, 0.1) is 29.6 Å². The van der Waals surface area contributed by atoms with Crippen molar-refractivity contribution in [3.05, 3.63) is 0 Å². The molecule has 1 nitrogen and oxygen atoms in total. The van der Waals surface area contributed by atoms with Crippen molar-refractivity contribution >= 4 is 5.78 Å². The maximum absolute atomic E-state index is 12.6. The van der Waals surface area contributed by atoms with E-state index in [0.717, 1.165) is 17.8 Å². The Bertz CT molecular complexity index is 278. The summed E-state index contributed by atoms with van der Waals surface area (Å²) in [5, 5.41) is 0. The number of hydrogen-bond acceptors (Lipinski definition) is 1. The molecule has 0 N–H and O–H groups in total. The lowest BCUT2D eigenvalue weighted by Crippen LogP contribution is -2.31. The number of hydrogen-bond donors (Lipinski definition) is 0. The summed E-state index contributed by atoms with van der Waals surface area (Å²) in [6, 6.07) is 0. The largest absolute Gasteiger partial charge is 0.299 e. The van der Waals surface area contributed by atoms with Crippen molar-refractivity contribution in [1.29, 1.82) is 0 Å². The molecule has 0 bridgehead atoms. The molecule has 0 radical (unpaired) electrons. The summed E-state index contributed by atoms with van der Waals surface area (Å²) in [5.41, 5.74) is 0. The number of carbonyl (C=O) groups excluding carboxylic acids is 1. The van der Waals surface area contributed by atoms with E-state index in [0.29, 0.717) is 17.6 Å². The molecule has 2 rings (SSSR count). The van der Waals surface area contributed by atoms with Crippen molar-refractivity contribution < 1.29 is 4.79 Å². The van der Waals surface area contributed by atoms with Gasteiger partial charge in [0.1, 0.15) is 5.78 Å². The van der Waals surface area contributed by atoms with Crippen LogP contribution in [-0.4, -0.2) is 5.78 Å². The first-order chi connectivity index (χ1) is 9.11. The minimum absolute atomic E-state index is 0.415. The lowest BCUT2D eigenvalue weighted by molar-refractivity contribution is -0.129. The molecule has 0 heterocycles. The second-order valence-corrected chi connectivity index (χ2v) is 7.38. The molecule has 2 aliphatic rings. The Labute approximate surface area is 119 Å². The van der Waals surface area contributed by atoms with Crippen LogP contribution in [0.15, 0.2) is 0 Å². The predicted molar refractivity (Wildman–Crippen MR) is 81.0 cm³/mol. The topological polar surface area (TPSA) is 17.1 Å². The molecular weight excluding hydrogens is 232 g/mol. The van der Waals surface area contributed by atoms with Crippen LogP contribution in [0.4, 0.5) is 0 Å². The highest BCUT2D eigenvalue weighted by molar-refractivity contribution is 5.83. The molecule has 0 aliphatic heterocycles. The van der Waals surface area contributed by atoms with Gasteiger partial charge in [-0.1, -0.05) is 27.2 Å². The number of carbonyl (C=O) groups is 1. The summed E-state index contributed by atoms with van der Waals surface area (Å²) >= 11 is 0.